The Kier molecular flexibility index (Phi) is 4.82. The first-order valence-corrected chi connectivity index (χ1v) is 11.9. The van der Waals surface area contributed by atoms with Gasteiger partial charge in [0.15, 0.2) is 0 Å². The van der Waals surface area contributed by atoms with Crippen LogP contribution >= 0.6 is 17.0 Å². The normalized spacial score (nSPS) is 11.0. The molecule has 0 rings (SSSR count). The third-order valence-corrected chi connectivity index (χ3v) is 5.13. The molecule has 0 radical (unpaired) electrons. The summed E-state index contributed by atoms with van der Waals surface area (Å²) in [6.45, 7) is 0. The Morgan fingerprint density at radius 3 is 2.11 bits per heavy atom. The molecule has 0 saturated carbocycles. The molecule has 0 aliphatic carbocycles. The maximum atomic E-state index is 10.4. The molecule has 0 bridgehead atoms. The molecule has 6 heteroatoms. The first-order valence-electron chi connectivity index (χ1n) is 2.11. The molecule has 0 N–H and O–H groups in total. The van der Waals surface area contributed by atoms with E-state index in [1.54, 1.807) is 0 Å². The molecule has 2 nitrogen and oxygen atoms in total. The van der Waals surface area contributed by atoms with Gasteiger partial charge in [0.05, 0.1) is 0 Å². The van der Waals surface area contributed by atoms with Crippen molar-refractivity contribution in [3.05, 3.63) is 0 Å². The summed E-state index contributed by atoms with van der Waals surface area (Å²) in [5.74, 6) is 0.0226. The Hall–Kier alpha value is 1.28. The minimum atomic E-state index is -2.89. The fourth-order valence-electron chi connectivity index (χ4n) is 0.214. The number of halogens is 2. The predicted octanol–water partition coefficient (Wildman–Crippen LogP) is 0.759. The first kappa shape index (κ1) is 10.3. The van der Waals surface area contributed by atoms with Gasteiger partial charge in [0.1, 0.15) is 0 Å². The summed E-state index contributed by atoms with van der Waals surface area (Å²) < 4.78 is 22.4. The van der Waals surface area contributed by atoms with Crippen LogP contribution in [-0.2, 0) is 28.7 Å². The molecule has 54 valence electrons. The average molecular weight is 268 g/mol. The topological polar surface area (TPSA) is 34.1 Å². The zero-order valence-corrected chi connectivity index (χ0v) is 9.55. The molecule has 9 heavy (non-hydrogen) atoms. The van der Waals surface area contributed by atoms with Gasteiger partial charge in [-0.1, -0.05) is 0 Å². The molecule has 0 fully saturated rings. The molecule has 0 aromatic rings. The Balaban J connectivity index is 3.95. The van der Waals surface area contributed by atoms with E-state index in [0.717, 1.165) is 6.26 Å². The summed E-state index contributed by atoms with van der Waals surface area (Å²) in [6.07, 6.45) is 1.16. The number of sulfone groups is 1. The second-order valence-electron chi connectivity index (χ2n) is 1.59. The van der Waals surface area contributed by atoms with Gasteiger partial charge < -0.3 is 0 Å². The van der Waals surface area contributed by atoms with Crippen LogP contribution < -0.4 is 0 Å². The molecule has 0 aromatic carbocycles. The molecular formula is C3H6Cl2O2SZr. The first-order chi connectivity index (χ1) is 3.92. The summed E-state index contributed by atoms with van der Waals surface area (Å²) in [6, 6.07) is 0. The van der Waals surface area contributed by atoms with Crippen molar-refractivity contribution in [3.8, 4) is 0 Å². The summed E-state index contributed by atoms with van der Waals surface area (Å²) in [7, 11) is 7.96. The molecule has 0 spiro atoms. The van der Waals surface area contributed by atoms with E-state index in [-0.39, 0.29) is 5.75 Å². The van der Waals surface area contributed by atoms with E-state index < -0.39 is 28.7 Å². The van der Waals surface area contributed by atoms with Gasteiger partial charge in [-0.3, -0.25) is 0 Å². The van der Waals surface area contributed by atoms with Crippen molar-refractivity contribution in [1.29, 1.82) is 0 Å². The summed E-state index contributed by atoms with van der Waals surface area (Å²) >= 11 is -2.30. The molecule has 0 saturated heterocycles. The van der Waals surface area contributed by atoms with E-state index in [9.17, 15) is 8.42 Å². The van der Waals surface area contributed by atoms with Crippen molar-refractivity contribution in [2.75, 3.05) is 12.0 Å². The second-order valence-corrected chi connectivity index (χ2v) is 12.2. The monoisotopic (exact) mass is 266 g/mol. The zero-order chi connectivity index (χ0) is 7.49. The average Bonchev–Trinajstić information content (AvgIpc) is 1.59. The fraction of sp³-hybridized carbons (Fsp3) is 0.667. The molecule has 0 aliphatic rings. The summed E-state index contributed by atoms with van der Waals surface area (Å²) in [5, 5.41) is 0. The molecule has 0 aromatic heterocycles. The second kappa shape index (κ2) is 4.22. The van der Waals surface area contributed by atoms with Crippen molar-refractivity contribution < 1.29 is 27.3 Å². The van der Waals surface area contributed by atoms with E-state index in [2.05, 4.69) is 0 Å². The van der Waals surface area contributed by atoms with Crippen LogP contribution in [0.25, 0.3) is 0 Å². The molecule has 0 heterocycles. The third-order valence-electron chi connectivity index (χ3n) is 0.540. The Morgan fingerprint density at radius 2 is 2.00 bits per heavy atom. The quantitative estimate of drug-likeness (QED) is 0.741. The molecule has 0 amide bonds. The summed E-state index contributed by atoms with van der Waals surface area (Å²) in [4.78, 5) is 0. The van der Waals surface area contributed by atoms with Crippen LogP contribution in [0.5, 0.6) is 0 Å². The number of hydrogen-bond donors (Lipinski definition) is 0. The molecule has 0 unspecified atom stereocenters. The van der Waals surface area contributed by atoms with Crippen LogP contribution in [0, 0.1) is 0 Å². The van der Waals surface area contributed by atoms with E-state index in [1.807, 2.05) is 0 Å². The molecule has 0 atom stereocenters. The van der Waals surface area contributed by atoms with Gasteiger partial charge in [0, 0.05) is 0 Å². The fourth-order valence-corrected chi connectivity index (χ4v) is 6.04. The van der Waals surface area contributed by atoms with Gasteiger partial charge in [-0.2, -0.15) is 0 Å². The number of rotatable bonds is 2. The van der Waals surface area contributed by atoms with Crippen molar-refractivity contribution in [3.63, 3.8) is 0 Å². The SMILES string of the molecule is CS(=O)(=O)C[CH]=[Zr]([Cl])[Cl]. The van der Waals surface area contributed by atoms with Crippen LogP contribution in [0.3, 0.4) is 0 Å². The van der Waals surface area contributed by atoms with Crippen LogP contribution in [0.15, 0.2) is 0 Å². The maximum absolute atomic E-state index is 10.4. The Bertz CT molecular complexity index is 204. The van der Waals surface area contributed by atoms with Crippen molar-refractivity contribution in [2.24, 2.45) is 0 Å². The van der Waals surface area contributed by atoms with E-state index in [0.29, 0.717) is 0 Å². The van der Waals surface area contributed by atoms with Crippen LogP contribution in [0.2, 0.25) is 0 Å². The standard InChI is InChI=1S/C3H6O2S.2ClH.Zr/c1-3-6(2,4)5;;;/h1H,3H2,2H3;2*1H;/q;;;+2/p-2. The van der Waals surface area contributed by atoms with Gasteiger partial charge in [0.2, 0.25) is 0 Å². The van der Waals surface area contributed by atoms with Crippen LogP contribution in [0.1, 0.15) is 0 Å². The van der Waals surface area contributed by atoms with Crippen LogP contribution in [0.4, 0.5) is 0 Å². The van der Waals surface area contributed by atoms with E-state index in [1.165, 1.54) is 3.71 Å². The van der Waals surface area contributed by atoms with Crippen molar-refractivity contribution in [1.82, 2.24) is 0 Å². The summed E-state index contributed by atoms with van der Waals surface area (Å²) in [5.41, 5.74) is 0. The van der Waals surface area contributed by atoms with Crippen LogP contribution in [-0.4, -0.2) is 24.1 Å². The van der Waals surface area contributed by atoms with Crippen molar-refractivity contribution >= 4 is 30.6 Å². The van der Waals surface area contributed by atoms with Gasteiger partial charge in [-0.15, -0.1) is 0 Å². The van der Waals surface area contributed by atoms with E-state index >= 15 is 0 Å². The Labute approximate surface area is 69.3 Å². The molecular weight excluding hydrogens is 262 g/mol. The van der Waals surface area contributed by atoms with Gasteiger partial charge in [-0.25, -0.2) is 0 Å². The molecule has 0 aliphatic heterocycles. The number of hydrogen-bond acceptors (Lipinski definition) is 2. The zero-order valence-electron chi connectivity index (χ0n) is 4.77. The predicted molar refractivity (Wildman–Crippen MR) is 37.5 cm³/mol. The minimum absolute atomic E-state index is 0.0226. The van der Waals surface area contributed by atoms with Gasteiger partial charge in [0.25, 0.3) is 0 Å². The van der Waals surface area contributed by atoms with Crippen molar-refractivity contribution in [2.45, 2.75) is 0 Å². The van der Waals surface area contributed by atoms with Gasteiger partial charge in [-0.05, 0) is 0 Å². The third kappa shape index (κ3) is 9.28. The van der Waals surface area contributed by atoms with Gasteiger partial charge >= 0.3 is 69.9 Å². The van der Waals surface area contributed by atoms with E-state index in [4.69, 9.17) is 17.0 Å². The Morgan fingerprint density at radius 1 is 1.56 bits per heavy atom.